The maximum absolute atomic E-state index is 5.30. The molecule has 0 spiro atoms. The summed E-state index contributed by atoms with van der Waals surface area (Å²) in [6, 6.07) is 9.80. The maximum atomic E-state index is 5.30. The molecule has 3 aromatic rings. The minimum absolute atomic E-state index is 0.537. The lowest BCUT2D eigenvalue weighted by atomic mass is 10.3. The van der Waals surface area contributed by atoms with Crippen LogP contribution in [-0.4, -0.2) is 24.7 Å². The highest BCUT2D eigenvalue weighted by atomic mass is 32.1. The van der Waals surface area contributed by atoms with E-state index in [1.165, 1.54) is 0 Å². The maximum Gasteiger partial charge on any atom is 0.175 e. The molecule has 0 atom stereocenters. The molecule has 23 heavy (non-hydrogen) atoms. The molecule has 0 fully saturated rings. The molecule has 2 N–H and O–H groups in total. The standard InChI is InChI=1S/C16H18N6S/c1-2-21-10-13(8-17-21)11-22-12-15(9-18-22)20-16(23)19-14-6-4-3-5-7-14/h3-10,12H,2,11H2,1H3,(H2,19,20,23). The van der Waals surface area contributed by atoms with Crippen molar-refractivity contribution in [3.05, 3.63) is 60.7 Å². The van der Waals surface area contributed by atoms with E-state index in [9.17, 15) is 0 Å². The van der Waals surface area contributed by atoms with Crippen molar-refractivity contribution in [1.82, 2.24) is 19.6 Å². The average molecular weight is 326 g/mol. The second-order valence-corrected chi connectivity index (χ2v) is 5.48. The van der Waals surface area contributed by atoms with Crippen molar-refractivity contribution in [1.29, 1.82) is 0 Å². The minimum atomic E-state index is 0.537. The molecule has 0 amide bonds. The molecule has 0 radical (unpaired) electrons. The van der Waals surface area contributed by atoms with Gasteiger partial charge in [0.1, 0.15) is 0 Å². The highest BCUT2D eigenvalue weighted by Gasteiger charge is 2.04. The van der Waals surface area contributed by atoms with Gasteiger partial charge in [-0.05, 0) is 31.3 Å². The normalized spacial score (nSPS) is 10.5. The Bertz CT molecular complexity index is 777. The van der Waals surface area contributed by atoms with E-state index in [0.717, 1.165) is 23.5 Å². The Balaban J connectivity index is 1.57. The fraction of sp³-hybridized carbons (Fsp3) is 0.188. The highest BCUT2D eigenvalue weighted by molar-refractivity contribution is 7.80. The van der Waals surface area contributed by atoms with Crippen LogP contribution in [0, 0.1) is 0 Å². The molecule has 7 heteroatoms. The lowest BCUT2D eigenvalue weighted by Crippen LogP contribution is -2.18. The molecule has 6 nitrogen and oxygen atoms in total. The predicted molar refractivity (Wildman–Crippen MR) is 95.5 cm³/mol. The van der Waals surface area contributed by atoms with Gasteiger partial charge >= 0.3 is 0 Å². The number of rotatable bonds is 5. The Kier molecular flexibility index (Phi) is 4.68. The Hall–Kier alpha value is -2.67. The number of aryl methyl sites for hydroxylation is 1. The molecule has 2 heterocycles. The average Bonchev–Trinajstić information content (AvgIpc) is 3.18. The van der Waals surface area contributed by atoms with Gasteiger partial charge in [0.25, 0.3) is 0 Å². The van der Waals surface area contributed by atoms with Crippen LogP contribution in [0.3, 0.4) is 0 Å². The van der Waals surface area contributed by atoms with Gasteiger partial charge in [-0.1, -0.05) is 18.2 Å². The first-order valence-electron chi connectivity index (χ1n) is 7.40. The van der Waals surface area contributed by atoms with Crippen molar-refractivity contribution >= 4 is 28.7 Å². The van der Waals surface area contributed by atoms with E-state index >= 15 is 0 Å². The highest BCUT2D eigenvalue weighted by Crippen LogP contribution is 2.10. The number of aromatic nitrogens is 4. The van der Waals surface area contributed by atoms with Crippen LogP contribution >= 0.6 is 12.2 Å². The summed E-state index contributed by atoms with van der Waals surface area (Å²) in [7, 11) is 0. The summed E-state index contributed by atoms with van der Waals surface area (Å²) in [5, 5.41) is 15.4. The molecule has 0 aliphatic heterocycles. The molecule has 1 aromatic carbocycles. The molecule has 0 aliphatic carbocycles. The number of anilines is 2. The van der Waals surface area contributed by atoms with Crippen LogP contribution in [0.5, 0.6) is 0 Å². The second-order valence-electron chi connectivity index (χ2n) is 5.08. The number of para-hydroxylation sites is 1. The molecule has 0 unspecified atom stereocenters. The number of hydrogen-bond acceptors (Lipinski definition) is 3. The van der Waals surface area contributed by atoms with E-state index in [1.54, 1.807) is 6.20 Å². The zero-order valence-electron chi connectivity index (χ0n) is 12.8. The topological polar surface area (TPSA) is 59.7 Å². The summed E-state index contributed by atoms with van der Waals surface area (Å²) in [6.45, 7) is 3.61. The number of hydrogen-bond donors (Lipinski definition) is 2. The first-order valence-corrected chi connectivity index (χ1v) is 7.80. The molecular weight excluding hydrogens is 308 g/mol. The summed E-state index contributed by atoms with van der Waals surface area (Å²) in [4.78, 5) is 0. The third kappa shape index (κ3) is 4.17. The van der Waals surface area contributed by atoms with Crippen LogP contribution in [-0.2, 0) is 13.1 Å². The van der Waals surface area contributed by atoms with Gasteiger partial charge in [0.05, 0.1) is 24.6 Å². The summed E-state index contributed by atoms with van der Waals surface area (Å²) in [5.41, 5.74) is 2.91. The van der Waals surface area contributed by atoms with Gasteiger partial charge in [0.2, 0.25) is 0 Å². The van der Waals surface area contributed by atoms with Crippen LogP contribution in [0.4, 0.5) is 11.4 Å². The van der Waals surface area contributed by atoms with Crippen LogP contribution < -0.4 is 10.6 Å². The fourth-order valence-electron chi connectivity index (χ4n) is 2.18. The van der Waals surface area contributed by atoms with Gasteiger partial charge < -0.3 is 10.6 Å². The van der Waals surface area contributed by atoms with Crippen molar-refractivity contribution in [2.75, 3.05) is 10.6 Å². The van der Waals surface area contributed by atoms with Gasteiger partial charge in [-0.25, -0.2) is 0 Å². The summed E-state index contributed by atoms with van der Waals surface area (Å²) in [6.07, 6.45) is 7.56. The molecule has 2 aromatic heterocycles. The van der Waals surface area contributed by atoms with Crippen molar-refractivity contribution in [3.63, 3.8) is 0 Å². The second kappa shape index (κ2) is 7.06. The summed E-state index contributed by atoms with van der Waals surface area (Å²) < 4.78 is 3.75. The van der Waals surface area contributed by atoms with Crippen LogP contribution in [0.2, 0.25) is 0 Å². The smallest absolute Gasteiger partial charge is 0.175 e. The van der Waals surface area contributed by atoms with Crippen LogP contribution in [0.1, 0.15) is 12.5 Å². The number of nitrogens with one attached hydrogen (secondary N) is 2. The summed E-state index contributed by atoms with van der Waals surface area (Å²) in [5.74, 6) is 0. The Morgan fingerprint density at radius 1 is 1.00 bits per heavy atom. The van der Waals surface area contributed by atoms with E-state index in [4.69, 9.17) is 12.2 Å². The van der Waals surface area contributed by atoms with E-state index < -0.39 is 0 Å². The quantitative estimate of drug-likeness (QED) is 0.706. The first kappa shape index (κ1) is 15.2. The van der Waals surface area contributed by atoms with Crippen molar-refractivity contribution in [2.45, 2.75) is 20.0 Å². The van der Waals surface area contributed by atoms with E-state index in [0.29, 0.717) is 11.7 Å². The summed E-state index contributed by atoms with van der Waals surface area (Å²) >= 11 is 5.30. The molecule has 0 saturated heterocycles. The van der Waals surface area contributed by atoms with Crippen LogP contribution in [0.15, 0.2) is 55.1 Å². The van der Waals surface area contributed by atoms with E-state index in [1.807, 2.05) is 58.3 Å². The monoisotopic (exact) mass is 326 g/mol. The van der Waals surface area contributed by atoms with Crippen LogP contribution in [0.25, 0.3) is 0 Å². The number of thiocarbonyl (C=S) groups is 1. The zero-order chi connectivity index (χ0) is 16.1. The minimum Gasteiger partial charge on any atom is -0.332 e. The molecule has 3 rings (SSSR count). The van der Waals surface area contributed by atoms with Gasteiger partial charge in [0, 0.05) is 30.2 Å². The molecule has 0 saturated carbocycles. The van der Waals surface area contributed by atoms with Gasteiger partial charge in [-0.15, -0.1) is 0 Å². The van der Waals surface area contributed by atoms with Gasteiger partial charge in [-0.3, -0.25) is 9.36 Å². The molecule has 118 valence electrons. The largest absolute Gasteiger partial charge is 0.332 e. The molecular formula is C16H18N6S. The van der Waals surface area contributed by atoms with Gasteiger partial charge in [-0.2, -0.15) is 10.2 Å². The number of nitrogens with zero attached hydrogens (tertiary/aromatic N) is 4. The third-order valence-electron chi connectivity index (χ3n) is 3.28. The van der Waals surface area contributed by atoms with E-state index in [-0.39, 0.29) is 0 Å². The Labute approximate surface area is 140 Å². The number of benzene rings is 1. The van der Waals surface area contributed by atoms with Crippen molar-refractivity contribution in [3.8, 4) is 0 Å². The Morgan fingerprint density at radius 2 is 1.74 bits per heavy atom. The SMILES string of the molecule is CCn1cc(Cn2cc(NC(=S)Nc3ccccc3)cn2)cn1. The van der Waals surface area contributed by atoms with Gasteiger partial charge in [0.15, 0.2) is 5.11 Å². The zero-order valence-corrected chi connectivity index (χ0v) is 13.6. The van der Waals surface area contributed by atoms with E-state index in [2.05, 4.69) is 27.8 Å². The molecule has 0 aliphatic rings. The molecule has 0 bridgehead atoms. The fourth-order valence-corrected chi connectivity index (χ4v) is 2.41. The van der Waals surface area contributed by atoms with Crippen molar-refractivity contribution in [2.24, 2.45) is 0 Å². The lowest BCUT2D eigenvalue weighted by Gasteiger charge is -2.08. The predicted octanol–water partition coefficient (Wildman–Crippen LogP) is 2.96. The Morgan fingerprint density at radius 3 is 2.48 bits per heavy atom. The first-order chi connectivity index (χ1) is 11.2. The van der Waals surface area contributed by atoms with Crippen molar-refractivity contribution < 1.29 is 0 Å². The lowest BCUT2D eigenvalue weighted by molar-refractivity contribution is 0.654. The third-order valence-corrected chi connectivity index (χ3v) is 3.48.